The van der Waals surface area contributed by atoms with E-state index < -0.39 is 0 Å². The van der Waals surface area contributed by atoms with Gasteiger partial charge in [-0.2, -0.15) is 0 Å². The van der Waals surface area contributed by atoms with Gasteiger partial charge in [0.1, 0.15) is 6.54 Å². The second-order valence-electron chi connectivity index (χ2n) is 5.75. The van der Waals surface area contributed by atoms with E-state index >= 15 is 0 Å². The fraction of sp³-hybridized carbons (Fsp3) is 0.529. The highest BCUT2D eigenvalue weighted by Gasteiger charge is 2.24. The van der Waals surface area contributed by atoms with Gasteiger partial charge in [-0.25, -0.2) is 0 Å². The van der Waals surface area contributed by atoms with Crippen LogP contribution < -0.4 is 15.5 Å². The minimum atomic E-state index is -0.0270. The first-order valence-corrected chi connectivity index (χ1v) is 8.50. The summed E-state index contributed by atoms with van der Waals surface area (Å²) in [7, 11) is 0. The Morgan fingerprint density at radius 3 is 2.91 bits per heavy atom. The molecule has 0 aromatic heterocycles. The third-order valence-corrected chi connectivity index (χ3v) is 4.47. The normalized spacial score (nSPS) is 15.0. The van der Waals surface area contributed by atoms with E-state index in [2.05, 4.69) is 24.5 Å². The molecule has 1 aromatic carbocycles. The molecule has 0 aliphatic carbocycles. The van der Waals surface area contributed by atoms with Crippen molar-refractivity contribution in [2.24, 2.45) is 5.92 Å². The summed E-state index contributed by atoms with van der Waals surface area (Å²) in [5.41, 5.74) is 1.78. The number of nitrogens with zero attached hydrogens (tertiary/aromatic N) is 1. The maximum Gasteiger partial charge on any atom is 0.244 e. The first-order chi connectivity index (χ1) is 10.7. The van der Waals surface area contributed by atoms with Crippen molar-refractivity contribution in [3.63, 3.8) is 0 Å². The Hall–Kier alpha value is -1.62. The number of carbonyl (C=O) groups excluding carboxylic acids is 1. The Kier molecular flexibility index (Phi) is 6.19. The van der Waals surface area contributed by atoms with Crippen molar-refractivity contribution in [2.75, 3.05) is 23.3 Å². The fourth-order valence-electron chi connectivity index (χ4n) is 2.68. The summed E-state index contributed by atoms with van der Waals surface area (Å²) in [6.07, 6.45) is 4.84. The van der Waals surface area contributed by atoms with E-state index in [-0.39, 0.29) is 12.5 Å². The van der Waals surface area contributed by atoms with Gasteiger partial charge in [0.15, 0.2) is 5.11 Å². The van der Waals surface area contributed by atoms with Crippen LogP contribution in [0, 0.1) is 5.92 Å². The second-order valence-corrected chi connectivity index (χ2v) is 6.14. The Balaban J connectivity index is 1.99. The van der Waals surface area contributed by atoms with Gasteiger partial charge in [0, 0.05) is 6.54 Å². The molecule has 22 heavy (non-hydrogen) atoms. The number of amides is 1. The third-order valence-electron chi connectivity index (χ3n) is 4.10. The van der Waals surface area contributed by atoms with E-state index in [1.165, 1.54) is 19.3 Å². The molecule has 1 aliphatic heterocycles. The molecule has 0 fully saturated rings. The lowest BCUT2D eigenvalue weighted by molar-refractivity contribution is -0.115. The number of nitrogens with one attached hydrogen (secondary N) is 2. The molecular weight excluding hydrogens is 294 g/mol. The number of benzene rings is 1. The number of thiocarbonyl (C=S) groups is 1. The number of para-hydroxylation sites is 2. The fourth-order valence-corrected chi connectivity index (χ4v) is 2.93. The molecule has 1 heterocycles. The summed E-state index contributed by atoms with van der Waals surface area (Å²) in [6.45, 7) is 5.58. The smallest absolute Gasteiger partial charge is 0.244 e. The minimum Gasteiger partial charge on any atom is -0.362 e. The van der Waals surface area contributed by atoms with E-state index in [9.17, 15) is 4.79 Å². The van der Waals surface area contributed by atoms with Crippen LogP contribution in [0.3, 0.4) is 0 Å². The highest BCUT2D eigenvalue weighted by molar-refractivity contribution is 7.80. The van der Waals surface area contributed by atoms with Gasteiger partial charge >= 0.3 is 0 Å². The summed E-state index contributed by atoms with van der Waals surface area (Å²) in [5.74, 6) is 0.604. The highest BCUT2D eigenvalue weighted by Crippen LogP contribution is 2.28. The van der Waals surface area contributed by atoms with Crippen LogP contribution in [0.2, 0.25) is 0 Å². The Labute approximate surface area is 138 Å². The second kappa shape index (κ2) is 8.13. The van der Waals surface area contributed by atoms with Crippen LogP contribution in [-0.2, 0) is 4.79 Å². The van der Waals surface area contributed by atoms with Gasteiger partial charge in [-0.3, -0.25) is 4.79 Å². The van der Waals surface area contributed by atoms with E-state index in [4.69, 9.17) is 12.2 Å². The molecule has 1 amide bonds. The molecule has 0 saturated carbocycles. The van der Waals surface area contributed by atoms with Crippen LogP contribution in [-0.4, -0.2) is 24.1 Å². The lowest BCUT2D eigenvalue weighted by Gasteiger charge is -2.31. The molecule has 1 aliphatic rings. The van der Waals surface area contributed by atoms with Gasteiger partial charge in [-0.05, 0) is 36.7 Å². The average molecular weight is 319 g/mol. The number of anilines is 2. The average Bonchev–Trinajstić information content (AvgIpc) is 2.54. The summed E-state index contributed by atoms with van der Waals surface area (Å²) in [6, 6.07) is 7.76. The predicted molar refractivity (Wildman–Crippen MR) is 96.3 cm³/mol. The van der Waals surface area contributed by atoms with Crippen LogP contribution >= 0.6 is 12.2 Å². The summed E-state index contributed by atoms with van der Waals surface area (Å²) >= 11 is 5.52. The number of rotatable bonds is 6. The monoisotopic (exact) mass is 319 g/mol. The van der Waals surface area contributed by atoms with Crippen LogP contribution in [0.5, 0.6) is 0 Å². The molecule has 0 unspecified atom stereocenters. The molecule has 1 atom stereocenters. The molecule has 1 aromatic rings. The van der Waals surface area contributed by atoms with E-state index in [0.717, 1.165) is 24.3 Å². The van der Waals surface area contributed by atoms with Gasteiger partial charge in [0.2, 0.25) is 5.91 Å². The first-order valence-electron chi connectivity index (χ1n) is 8.10. The van der Waals surface area contributed by atoms with Crippen molar-refractivity contribution in [3.8, 4) is 0 Å². The molecule has 0 saturated heterocycles. The topological polar surface area (TPSA) is 44.4 Å². The largest absolute Gasteiger partial charge is 0.362 e. The summed E-state index contributed by atoms with van der Waals surface area (Å²) in [4.78, 5) is 13.7. The number of carbonyl (C=O) groups is 1. The molecule has 4 nitrogen and oxygen atoms in total. The van der Waals surface area contributed by atoms with E-state index in [1.54, 1.807) is 0 Å². The zero-order chi connectivity index (χ0) is 15.9. The SMILES string of the molecule is CCCC[C@H](CC)CNC(=S)N1CC(=O)Nc2ccccc21. The highest BCUT2D eigenvalue weighted by atomic mass is 32.1. The third kappa shape index (κ3) is 4.19. The molecule has 0 spiro atoms. The summed E-state index contributed by atoms with van der Waals surface area (Å²) < 4.78 is 0. The molecule has 5 heteroatoms. The zero-order valence-electron chi connectivity index (χ0n) is 13.4. The maximum atomic E-state index is 11.8. The lowest BCUT2D eigenvalue weighted by Crippen LogP contribution is -2.47. The molecule has 2 N–H and O–H groups in total. The van der Waals surface area contributed by atoms with Crippen molar-refractivity contribution < 1.29 is 4.79 Å². The molecule has 2 rings (SSSR count). The lowest BCUT2D eigenvalue weighted by atomic mass is 9.99. The van der Waals surface area contributed by atoms with E-state index in [0.29, 0.717) is 11.0 Å². The van der Waals surface area contributed by atoms with Crippen molar-refractivity contribution in [2.45, 2.75) is 39.5 Å². The van der Waals surface area contributed by atoms with Gasteiger partial charge in [0.05, 0.1) is 11.4 Å². The maximum absolute atomic E-state index is 11.8. The molecular formula is C17H25N3OS. The zero-order valence-corrected chi connectivity index (χ0v) is 14.2. The van der Waals surface area contributed by atoms with Gasteiger partial charge in [-0.15, -0.1) is 0 Å². The van der Waals surface area contributed by atoms with Crippen molar-refractivity contribution in [1.29, 1.82) is 0 Å². The number of unbranched alkanes of at least 4 members (excludes halogenated alkanes) is 1. The van der Waals surface area contributed by atoms with Crippen LogP contribution in [0.25, 0.3) is 0 Å². The van der Waals surface area contributed by atoms with E-state index in [1.807, 2.05) is 29.2 Å². The van der Waals surface area contributed by atoms with Gasteiger partial charge in [-0.1, -0.05) is 45.2 Å². The molecule has 120 valence electrons. The standard InChI is InChI=1S/C17H25N3OS/c1-3-5-8-13(4-2)11-18-17(22)20-12-16(21)19-14-9-6-7-10-15(14)20/h6-7,9-10,13H,3-5,8,11-12H2,1-2H3,(H,18,22)(H,19,21)/t13-/m0/s1. The first kappa shape index (κ1) is 16.7. The Bertz CT molecular complexity index is 532. The minimum absolute atomic E-state index is 0.0270. The molecule has 0 radical (unpaired) electrons. The number of hydrogen-bond donors (Lipinski definition) is 2. The van der Waals surface area contributed by atoms with Gasteiger partial charge < -0.3 is 15.5 Å². The number of fused-ring (bicyclic) bond motifs is 1. The van der Waals surface area contributed by atoms with Crippen molar-refractivity contribution in [1.82, 2.24) is 5.32 Å². The van der Waals surface area contributed by atoms with Crippen molar-refractivity contribution >= 4 is 34.6 Å². The van der Waals surface area contributed by atoms with Crippen LogP contribution in [0.15, 0.2) is 24.3 Å². The quantitative estimate of drug-likeness (QED) is 0.787. The Morgan fingerprint density at radius 2 is 2.18 bits per heavy atom. The molecule has 0 bridgehead atoms. The summed E-state index contributed by atoms with van der Waals surface area (Å²) in [5, 5.41) is 6.87. The van der Waals surface area contributed by atoms with Crippen LogP contribution in [0.4, 0.5) is 11.4 Å². The van der Waals surface area contributed by atoms with Gasteiger partial charge in [0.25, 0.3) is 0 Å². The van der Waals surface area contributed by atoms with Crippen LogP contribution in [0.1, 0.15) is 39.5 Å². The Morgan fingerprint density at radius 1 is 1.41 bits per heavy atom. The van der Waals surface area contributed by atoms with Crippen molar-refractivity contribution in [3.05, 3.63) is 24.3 Å². The number of hydrogen-bond acceptors (Lipinski definition) is 2. The predicted octanol–water partition coefficient (Wildman–Crippen LogP) is 3.54.